The Hall–Kier alpha value is -3.75. The summed E-state index contributed by atoms with van der Waals surface area (Å²) < 4.78 is 12.7. The second-order valence-corrected chi connectivity index (χ2v) is 5.96. The molecule has 0 saturated carbocycles. The fourth-order valence-electron chi connectivity index (χ4n) is 2.63. The zero-order valence-electron chi connectivity index (χ0n) is 16.5. The van der Waals surface area contributed by atoms with Gasteiger partial charge >= 0.3 is 0 Å². The zero-order valence-corrected chi connectivity index (χ0v) is 16.5. The molecule has 0 fully saturated rings. The summed E-state index contributed by atoms with van der Waals surface area (Å²) in [5.74, 6) is 1.06. The number of nitrogens with one attached hydrogen (secondary N) is 1. The number of hydrogen-bond donors (Lipinski definition) is 1. The molecule has 150 valence electrons. The van der Waals surface area contributed by atoms with Crippen LogP contribution in [0.25, 0.3) is 5.69 Å². The SMILES string of the molecule is CCOc1ccc(OCC)c(/C(C)=N\NC(=O)c2ccc(-n3cnnn3)cc2)c1. The predicted octanol–water partition coefficient (Wildman–Crippen LogP) is 2.61. The molecule has 1 aromatic heterocycles. The first-order chi connectivity index (χ1) is 14.1. The first kappa shape index (κ1) is 20.0. The van der Waals surface area contributed by atoms with Crippen molar-refractivity contribution in [2.75, 3.05) is 13.2 Å². The number of carbonyl (C=O) groups excluding carboxylic acids is 1. The van der Waals surface area contributed by atoms with Crippen molar-refractivity contribution in [2.45, 2.75) is 20.8 Å². The molecule has 0 aliphatic carbocycles. The smallest absolute Gasteiger partial charge is 0.271 e. The number of carbonyl (C=O) groups is 1. The molecule has 9 heteroatoms. The molecule has 0 spiro atoms. The summed E-state index contributed by atoms with van der Waals surface area (Å²) in [6, 6.07) is 12.4. The van der Waals surface area contributed by atoms with Crippen LogP contribution in [0.5, 0.6) is 11.5 Å². The van der Waals surface area contributed by atoms with Crippen LogP contribution < -0.4 is 14.9 Å². The van der Waals surface area contributed by atoms with E-state index in [2.05, 4.69) is 26.1 Å². The molecule has 29 heavy (non-hydrogen) atoms. The molecule has 0 aliphatic heterocycles. The fourth-order valence-corrected chi connectivity index (χ4v) is 2.63. The number of rotatable bonds is 8. The number of nitrogens with zero attached hydrogens (tertiary/aromatic N) is 5. The summed E-state index contributed by atoms with van der Waals surface area (Å²) in [4.78, 5) is 12.4. The first-order valence-corrected chi connectivity index (χ1v) is 9.20. The molecule has 3 aromatic rings. The van der Waals surface area contributed by atoms with Crippen LogP contribution in [-0.4, -0.2) is 45.0 Å². The van der Waals surface area contributed by atoms with Gasteiger partial charge in [-0.15, -0.1) is 5.10 Å². The van der Waals surface area contributed by atoms with Crippen LogP contribution in [0.4, 0.5) is 0 Å². The molecule has 0 unspecified atom stereocenters. The summed E-state index contributed by atoms with van der Waals surface area (Å²) in [5.41, 5.74) is 5.15. The number of hydrogen-bond acceptors (Lipinski definition) is 7. The van der Waals surface area contributed by atoms with E-state index in [1.54, 1.807) is 31.2 Å². The summed E-state index contributed by atoms with van der Waals surface area (Å²) in [6.45, 7) is 6.71. The standard InChI is InChI=1S/C20H22N6O3/c1-4-28-17-10-11-19(29-5-2)18(12-17)14(3)22-23-20(27)15-6-8-16(9-7-15)26-13-21-24-25-26/h6-13H,4-5H2,1-3H3,(H,23,27)/b22-14-. The maximum atomic E-state index is 12.4. The Kier molecular flexibility index (Phi) is 6.51. The van der Waals surface area contributed by atoms with Crippen molar-refractivity contribution in [3.63, 3.8) is 0 Å². The molecule has 0 bridgehead atoms. The van der Waals surface area contributed by atoms with Gasteiger partial charge in [-0.25, -0.2) is 10.1 Å². The second-order valence-electron chi connectivity index (χ2n) is 5.96. The van der Waals surface area contributed by atoms with Crippen molar-refractivity contribution < 1.29 is 14.3 Å². The van der Waals surface area contributed by atoms with E-state index >= 15 is 0 Å². The normalized spacial score (nSPS) is 11.2. The van der Waals surface area contributed by atoms with Crippen LogP contribution >= 0.6 is 0 Å². The monoisotopic (exact) mass is 394 g/mol. The minimum absolute atomic E-state index is 0.327. The van der Waals surface area contributed by atoms with E-state index in [9.17, 15) is 4.79 Å². The zero-order chi connectivity index (χ0) is 20.6. The summed E-state index contributed by atoms with van der Waals surface area (Å²) in [7, 11) is 0. The lowest BCUT2D eigenvalue weighted by molar-refractivity contribution is 0.0955. The third kappa shape index (κ3) is 4.95. The van der Waals surface area contributed by atoms with Crippen molar-refractivity contribution in [3.05, 3.63) is 59.9 Å². The average Bonchev–Trinajstić information content (AvgIpc) is 3.28. The molecular formula is C20H22N6O3. The van der Waals surface area contributed by atoms with Crippen molar-refractivity contribution in [1.29, 1.82) is 0 Å². The van der Waals surface area contributed by atoms with Crippen LogP contribution in [0, 0.1) is 0 Å². The van der Waals surface area contributed by atoms with E-state index in [0.29, 0.717) is 36.0 Å². The lowest BCUT2D eigenvalue weighted by Gasteiger charge is -2.12. The van der Waals surface area contributed by atoms with Gasteiger partial charge in [0.2, 0.25) is 0 Å². The first-order valence-electron chi connectivity index (χ1n) is 9.20. The molecule has 3 rings (SSSR count). The van der Waals surface area contributed by atoms with Crippen molar-refractivity contribution in [1.82, 2.24) is 25.6 Å². The van der Waals surface area contributed by atoms with Gasteiger partial charge in [-0.05, 0) is 73.7 Å². The van der Waals surface area contributed by atoms with Gasteiger partial charge in [0, 0.05) is 11.1 Å². The lowest BCUT2D eigenvalue weighted by Crippen LogP contribution is -2.19. The second kappa shape index (κ2) is 9.45. The maximum Gasteiger partial charge on any atom is 0.271 e. The molecule has 1 amide bonds. The Balaban J connectivity index is 1.74. The Labute approximate surface area is 168 Å². The summed E-state index contributed by atoms with van der Waals surface area (Å²) >= 11 is 0. The molecular weight excluding hydrogens is 372 g/mol. The topological polar surface area (TPSA) is 104 Å². The Morgan fingerprint density at radius 3 is 2.52 bits per heavy atom. The minimum Gasteiger partial charge on any atom is -0.494 e. The number of aromatic nitrogens is 4. The maximum absolute atomic E-state index is 12.4. The molecule has 0 aliphatic rings. The molecule has 9 nitrogen and oxygen atoms in total. The van der Waals surface area contributed by atoms with E-state index in [-0.39, 0.29) is 5.91 Å². The molecule has 1 N–H and O–H groups in total. The van der Waals surface area contributed by atoms with Gasteiger partial charge in [-0.1, -0.05) is 0 Å². The van der Waals surface area contributed by atoms with Gasteiger partial charge < -0.3 is 9.47 Å². The summed E-state index contributed by atoms with van der Waals surface area (Å²) in [6.07, 6.45) is 1.48. The molecule has 2 aromatic carbocycles. The van der Waals surface area contributed by atoms with Gasteiger partial charge in [0.25, 0.3) is 5.91 Å². The highest BCUT2D eigenvalue weighted by Gasteiger charge is 2.11. The number of ether oxygens (including phenoxy) is 2. The minimum atomic E-state index is -0.327. The molecule has 0 atom stereocenters. The Morgan fingerprint density at radius 2 is 1.86 bits per heavy atom. The van der Waals surface area contributed by atoms with E-state index in [0.717, 1.165) is 11.3 Å². The quantitative estimate of drug-likeness (QED) is 0.465. The summed E-state index contributed by atoms with van der Waals surface area (Å²) in [5, 5.41) is 15.2. The van der Waals surface area contributed by atoms with Crippen LogP contribution in [0.2, 0.25) is 0 Å². The Morgan fingerprint density at radius 1 is 1.10 bits per heavy atom. The van der Waals surface area contributed by atoms with Crippen LogP contribution in [0.1, 0.15) is 36.7 Å². The van der Waals surface area contributed by atoms with Gasteiger partial charge in [-0.3, -0.25) is 4.79 Å². The third-order valence-electron chi connectivity index (χ3n) is 4.02. The van der Waals surface area contributed by atoms with Crippen LogP contribution in [-0.2, 0) is 0 Å². The van der Waals surface area contributed by atoms with E-state index in [1.807, 2.05) is 32.0 Å². The lowest BCUT2D eigenvalue weighted by atomic mass is 10.1. The van der Waals surface area contributed by atoms with Crippen molar-refractivity contribution in [2.24, 2.45) is 5.10 Å². The highest BCUT2D eigenvalue weighted by molar-refractivity contribution is 6.03. The predicted molar refractivity (Wildman–Crippen MR) is 108 cm³/mol. The fraction of sp³-hybridized carbons (Fsp3) is 0.250. The highest BCUT2D eigenvalue weighted by atomic mass is 16.5. The number of benzene rings is 2. The average molecular weight is 394 g/mol. The van der Waals surface area contributed by atoms with Crippen LogP contribution in [0.15, 0.2) is 53.9 Å². The largest absolute Gasteiger partial charge is 0.494 e. The third-order valence-corrected chi connectivity index (χ3v) is 4.02. The molecule has 0 radical (unpaired) electrons. The van der Waals surface area contributed by atoms with E-state index in [4.69, 9.17) is 9.47 Å². The number of tetrazole rings is 1. The molecule has 0 saturated heterocycles. The van der Waals surface area contributed by atoms with Gasteiger partial charge in [0.05, 0.1) is 24.6 Å². The highest BCUT2D eigenvalue weighted by Crippen LogP contribution is 2.25. The van der Waals surface area contributed by atoms with Crippen LogP contribution in [0.3, 0.4) is 0 Å². The van der Waals surface area contributed by atoms with E-state index in [1.165, 1.54) is 11.0 Å². The Bertz CT molecular complexity index is 984. The number of hydrazone groups is 1. The van der Waals surface area contributed by atoms with Gasteiger partial charge in [0.15, 0.2) is 0 Å². The van der Waals surface area contributed by atoms with E-state index < -0.39 is 0 Å². The van der Waals surface area contributed by atoms with Crippen molar-refractivity contribution in [3.8, 4) is 17.2 Å². The van der Waals surface area contributed by atoms with Gasteiger partial charge in [0.1, 0.15) is 17.8 Å². The molecule has 1 heterocycles. The van der Waals surface area contributed by atoms with Crippen molar-refractivity contribution >= 4 is 11.6 Å². The van der Waals surface area contributed by atoms with Gasteiger partial charge in [-0.2, -0.15) is 5.10 Å². The number of amides is 1.